The standard InChI is InChI=1S/C30H33N3O3/c1-30(2,3)36-24-11-7-10-23(20-24)28-25-13-12-21(19-27(34)22-8-5-4-6-9-22)18-26(25)31-29(32-28)33-14-16-35-17-15-33/h4-11,18,20H,12-17,19H2,1-3H3. The number of benzene rings is 2. The van der Waals surface area contributed by atoms with Crippen molar-refractivity contribution in [3.63, 3.8) is 0 Å². The minimum absolute atomic E-state index is 0.139. The van der Waals surface area contributed by atoms with Gasteiger partial charge in [0.1, 0.15) is 11.4 Å². The SMILES string of the molecule is CC(C)(C)Oc1cccc(-c2nc(N3CCOCC3)nc3c2CCC(CC(=O)c2ccccc2)=C3)c1. The van der Waals surface area contributed by atoms with Crippen molar-refractivity contribution in [3.05, 3.63) is 77.0 Å². The fourth-order valence-corrected chi connectivity index (χ4v) is 4.68. The van der Waals surface area contributed by atoms with Crippen LogP contribution < -0.4 is 9.64 Å². The number of morpholine rings is 1. The van der Waals surface area contributed by atoms with E-state index in [1.807, 2.05) is 63.2 Å². The number of fused-ring (bicyclic) bond motifs is 1. The van der Waals surface area contributed by atoms with Crippen LogP contribution in [0.3, 0.4) is 0 Å². The van der Waals surface area contributed by atoms with Crippen LogP contribution in [0, 0.1) is 0 Å². The van der Waals surface area contributed by atoms with E-state index in [0.29, 0.717) is 25.6 Å². The van der Waals surface area contributed by atoms with Gasteiger partial charge in [-0.25, -0.2) is 9.97 Å². The summed E-state index contributed by atoms with van der Waals surface area (Å²) in [6.07, 6.45) is 4.12. The number of nitrogens with zero attached hydrogens (tertiary/aromatic N) is 3. The molecule has 0 unspecified atom stereocenters. The number of rotatable bonds is 6. The van der Waals surface area contributed by atoms with Crippen molar-refractivity contribution in [2.24, 2.45) is 0 Å². The Balaban J connectivity index is 1.53. The van der Waals surface area contributed by atoms with Crippen LogP contribution in [0.25, 0.3) is 17.3 Å². The van der Waals surface area contributed by atoms with Crippen LogP contribution in [0.2, 0.25) is 0 Å². The zero-order valence-electron chi connectivity index (χ0n) is 21.3. The highest BCUT2D eigenvalue weighted by Crippen LogP contribution is 2.35. The molecule has 186 valence electrons. The van der Waals surface area contributed by atoms with Gasteiger partial charge < -0.3 is 14.4 Å². The fourth-order valence-electron chi connectivity index (χ4n) is 4.68. The van der Waals surface area contributed by atoms with Crippen molar-refractivity contribution >= 4 is 17.8 Å². The maximum Gasteiger partial charge on any atom is 0.226 e. The van der Waals surface area contributed by atoms with E-state index in [4.69, 9.17) is 19.4 Å². The van der Waals surface area contributed by atoms with E-state index in [9.17, 15) is 4.79 Å². The molecule has 2 aliphatic rings. The minimum atomic E-state index is -0.286. The Morgan fingerprint density at radius 3 is 2.53 bits per heavy atom. The largest absolute Gasteiger partial charge is 0.488 e. The van der Waals surface area contributed by atoms with E-state index >= 15 is 0 Å². The van der Waals surface area contributed by atoms with Crippen LogP contribution in [-0.2, 0) is 11.2 Å². The second-order valence-corrected chi connectivity index (χ2v) is 10.3. The van der Waals surface area contributed by atoms with E-state index < -0.39 is 0 Å². The molecule has 1 fully saturated rings. The summed E-state index contributed by atoms with van der Waals surface area (Å²) in [4.78, 5) is 25.1. The molecule has 0 atom stereocenters. The molecule has 1 saturated heterocycles. The molecule has 0 N–H and O–H groups in total. The topological polar surface area (TPSA) is 64.6 Å². The Morgan fingerprint density at radius 2 is 1.78 bits per heavy atom. The molecule has 3 aromatic rings. The summed E-state index contributed by atoms with van der Waals surface area (Å²) >= 11 is 0. The molecule has 6 nitrogen and oxygen atoms in total. The number of allylic oxidation sites excluding steroid dienone is 1. The Kier molecular flexibility index (Phi) is 6.88. The Morgan fingerprint density at radius 1 is 1.00 bits per heavy atom. The first kappa shape index (κ1) is 24.2. The molecule has 1 aromatic heterocycles. The minimum Gasteiger partial charge on any atom is -0.488 e. The van der Waals surface area contributed by atoms with Gasteiger partial charge in [0.2, 0.25) is 5.95 Å². The highest BCUT2D eigenvalue weighted by molar-refractivity contribution is 5.98. The molecule has 0 saturated carbocycles. The molecule has 5 rings (SSSR count). The van der Waals surface area contributed by atoms with Crippen molar-refractivity contribution in [3.8, 4) is 17.0 Å². The van der Waals surface area contributed by atoms with Crippen molar-refractivity contribution in [2.75, 3.05) is 31.2 Å². The summed E-state index contributed by atoms with van der Waals surface area (Å²) in [5.41, 5.74) is 5.55. The van der Waals surface area contributed by atoms with Crippen LogP contribution in [0.4, 0.5) is 5.95 Å². The number of Topliss-reactive ketones (excluding diaryl/α,β-unsaturated/α-hetero) is 1. The van der Waals surface area contributed by atoms with Gasteiger partial charge in [-0.1, -0.05) is 48.0 Å². The molecule has 1 aliphatic heterocycles. The highest BCUT2D eigenvalue weighted by atomic mass is 16.5. The van der Waals surface area contributed by atoms with Gasteiger partial charge in [0.25, 0.3) is 0 Å². The third-order valence-corrected chi connectivity index (χ3v) is 6.37. The Bertz CT molecular complexity index is 1270. The van der Waals surface area contributed by atoms with Crippen LogP contribution in [0.5, 0.6) is 5.75 Å². The van der Waals surface area contributed by atoms with Gasteiger partial charge in [-0.05, 0) is 51.8 Å². The molecule has 1 aliphatic carbocycles. The molecule has 2 heterocycles. The monoisotopic (exact) mass is 483 g/mol. The maximum atomic E-state index is 12.9. The summed E-state index contributed by atoms with van der Waals surface area (Å²) in [7, 11) is 0. The average molecular weight is 484 g/mol. The second-order valence-electron chi connectivity index (χ2n) is 10.3. The third-order valence-electron chi connectivity index (χ3n) is 6.37. The average Bonchev–Trinajstić information content (AvgIpc) is 2.88. The number of carbonyl (C=O) groups is 1. The predicted molar refractivity (Wildman–Crippen MR) is 143 cm³/mol. The molecule has 2 aromatic carbocycles. The van der Waals surface area contributed by atoms with Crippen LogP contribution in [0.15, 0.2) is 60.2 Å². The van der Waals surface area contributed by atoms with Crippen molar-refractivity contribution < 1.29 is 14.3 Å². The summed E-state index contributed by atoms with van der Waals surface area (Å²) < 4.78 is 11.7. The van der Waals surface area contributed by atoms with Gasteiger partial charge in [-0.2, -0.15) is 0 Å². The lowest BCUT2D eigenvalue weighted by molar-refractivity contribution is 0.0992. The van der Waals surface area contributed by atoms with Crippen LogP contribution >= 0.6 is 0 Å². The molecule has 0 bridgehead atoms. The van der Waals surface area contributed by atoms with E-state index in [1.54, 1.807) is 0 Å². The van der Waals surface area contributed by atoms with Gasteiger partial charge in [0, 0.05) is 36.2 Å². The molecule has 0 spiro atoms. The van der Waals surface area contributed by atoms with Gasteiger partial charge >= 0.3 is 0 Å². The molecule has 0 amide bonds. The lowest BCUT2D eigenvalue weighted by Gasteiger charge is -2.29. The summed E-state index contributed by atoms with van der Waals surface area (Å²) in [5.74, 6) is 1.67. The van der Waals surface area contributed by atoms with Crippen molar-refractivity contribution in [2.45, 2.75) is 45.6 Å². The smallest absolute Gasteiger partial charge is 0.226 e. The molecule has 0 radical (unpaired) electrons. The maximum absolute atomic E-state index is 12.9. The predicted octanol–water partition coefficient (Wildman–Crippen LogP) is 5.76. The first-order valence-corrected chi connectivity index (χ1v) is 12.7. The molecule has 6 heteroatoms. The van der Waals surface area contributed by atoms with Crippen LogP contribution in [0.1, 0.15) is 55.2 Å². The van der Waals surface area contributed by atoms with E-state index in [2.05, 4.69) is 23.1 Å². The van der Waals surface area contributed by atoms with E-state index in [-0.39, 0.29) is 11.4 Å². The number of hydrogen-bond donors (Lipinski definition) is 0. The van der Waals surface area contributed by atoms with Crippen molar-refractivity contribution in [1.29, 1.82) is 0 Å². The number of carbonyl (C=O) groups excluding carboxylic acids is 1. The first-order valence-electron chi connectivity index (χ1n) is 12.7. The quantitative estimate of drug-likeness (QED) is 0.416. The van der Waals surface area contributed by atoms with Crippen molar-refractivity contribution in [1.82, 2.24) is 9.97 Å². The Labute approximate surface area is 213 Å². The Hall–Kier alpha value is -3.51. The normalized spacial score (nSPS) is 15.8. The number of ether oxygens (including phenoxy) is 2. The molecule has 36 heavy (non-hydrogen) atoms. The summed E-state index contributed by atoms with van der Waals surface area (Å²) in [6, 6.07) is 17.6. The third kappa shape index (κ3) is 5.65. The number of ketones is 1. The number of aromatic nitrogens is 2. The molecular formula is C30H33N3O3. The van der Waals surface area contributed by atoms with E-state index in [1.165, 1.54) is 0 Å². The van der Waals surface area contributed by atoms with Gasteiger partial charge in [-0.3, -0.25) is 4.79 Å². The zero-order valence-corrected chi connectivity index (χ0v) is 21.3. The first-order chi connectivity index (χ1) is 17.4. The van der Waals surface area contributed by atoms with Crippen LogP contribution in [-0.4, -0.2) is 47.7 Å². The van der Waals surface area contributed by atoms with Gasteiger partial charge in [0.15, 0.2) is 5.78 Å². The fraction of sp³-hybridized carbons (Fsp3) is 0.367. The highest BCUT2D eigenvalue weighted by Gasteiger charge is 2.24. The second kappa shape index (κ2) is 10.2. The lowest BCUT2D eigenvalue weighted by atomic mass is 9.89. The summed E-state index contributed by atoms with van der Waals surface area (Å²) in [6.45, 7) is 8.99. The van der Waals surface area contributed by atoms with Gasteiger partial charge in [-0.15, -0.1) is 0 Å². The molecular weight excluding hydrogens is 450 g/mol. The lowest BCUT2D eigenvalue weighted by Crippen LogP contribution is -2.37. The zero-order chi connectivity index (χ0) is 25.1. The van der Waals surface area contributed by atoms with Gasteiger partial charge in [0.05, 0.1) is 24.6 Å². The number of anilines is 1. The summed E-state index contributed by atoms with van der Waals surface area (Å²) in [5, 5.41) is 0. The number of hydrogen-bond acceptors (Lipinski definition) is 6. The van der Waals surface area contributed by atoms with E-state index in [0.717, 1.165) is 65.3 Å².